The average Bonchev–Trinajstić information content (AvgIpc) is 2.45. The van der Waals surface area contributed by atoms with Crippen molar-refractivity contribution in [1.29, 1.82) is 0 Å². The van der Waals surface area contributed by atoms with E-state index in [9.17, 15) is 4.89 Å². The second-order valence-corrected chi connectivity index (χ2v) is 3.91. The Morgan fingerprint density at radius 3 is 1.44 bits per heavy atom. The molecule has 0 aliphatic heterocycles. The molecule has 2 aromatic rings. The fourth-order valence-electron chi connectivity index (χ4n) is 1.11. The van der Waals surface area contributed by atoms with Gasteiger partial charge in [0.2, 0.25) is 0 Å². The molecule has 94 valence electrons. The zero-order valence-corrected chi connectivity index (χ0v) is 10.2. The average molecular weight is 265 g/mol. The van der Waals surface area contributed by atoms with Crippen LogP contribution in [0.1, 0.15) is 0 Å². The highest BCUT2D eigenvalue weighted by Gasteiger charge is 2.01. The van der Waals surface area contributed by atoms with Gasteiger partial charge in [0.25, 0.3) is 0 Å². The highest BCUT2D eigenvalue weighted by Crippen LogP contribution is 2.30. The molecular weight excluding hydrogens is 255 g/mol. The molecule has 0 aromatic heterocycles. The normalized spacial score (nSPS) is 10.3. The third kappa shape index (κ3) is 4.31. The first-order valence-electron chi connectivity index (χ1n) is 5.11. The second kappa shape index (κ2) is 6.93. The monoisotopic (exact) mass is 265 g/mol. The summed E-state index contributed by atoms with van der Waals surface area (Å²) in [5, 5.41) is 0. The Morgan fingerprint density at radius 1 is 0.667 bits per heavy atom. The molecule has 2 rings (SSSR count). The Morgan fingerprint density at radius 2 is 1.06 bits per heavy atom. The molecule has 2 aromatic carbocycles. The molecule has 0 saturated carbocycles. The number of hydrogen-bond donors (Lipinski definition) is 0. The zero-order valence-electron chi connectivity index (χ0n) is 9.26. The molecule has 0 bridgehead atoms. The van der Waals surface area contributed by atoms with Gasteiger partial charge in [-0.3, -0.25) is 0 Å². The van der Waals surface area contributed by atoms with Gasteiger partial charge in [0.15, 0.2) is 20.1 Å². The maximum absolute atomic E-state index is 11.2. The van der Waals surface area contributed by atoms with Crippen molar-refractivity contribution in [3.63, 3.8) is 0 Å². The smallest absolute Gasteiger partial charge is 0.195 e. The SMILES string of the molecule is [O-]P(OOc1ccccc1)OOc1ccccc1. The molecule has 0 saturated heterocycles. The Balaban J connectivity index is 1.71. The van der Waals surface area contributed by atoms with Gasteiger partial charge in [0.05, 0.1) is 0 Å². The molecule has 0 heterocycles. The molecule has 18 heavy (non-hydrogen) atoms. The molecule has 0 spiro atoms. The topological polar surface area (TPSA) is 60.0 Å². The highest BCUT2D eigenvalue weighted by molar-refractivity contribution is 7.38. The van der Waals surface area contributed by atoms with Crippen LogP contribution < -0.4 is 14.7 Å². The van der Waals surface area contributed by atoms with E-state index in [1.54, 1.807) is 48.5 Å². The van der Waals surface area contributed by atoms with E-state index in [0.29, 0.717) is 11.5 Å². The van der Waals surface area contributed by atoms with Gasteiger partial charge in [-0.1, -0.05) is 36.4 Å². The minimum atomic E-state index is -2.52. The van der Waals surface area contributed by atoms with E-state index in [0.717, 1.165) is 0 Å². The second-order valence-electron chi connectivity index (χ2n) is 3.17. The lowest BCUT2D eigenvalue weighted by molar-refractivity contribution is -0.285. The molecule has 0 amide bonds. The summed E-state index contributed by atoms with van der Waals surface area (Å²) >= 11 is 0. The largest absolute Gasteiger partial charge is 0.780 e. The number of para-hydroxylation sites is 2. The Bertz CT molecular complexity index is 407. The molecule has 5 nitrogen and oxygen atoms in total. The first-order chi connectivity index (χ1) is 8.84. The summed E-state index contributed by atoms with van der Waals surface area (Å²) < 4.78 is 9.02. The van der Waals surface area contributed by atoms with E-state index >= 15 is 0 Å². The molecule has 0 aliphatic rings. The Kier molecular flexibility index (Phi) is 4.93. The number of benzene rings is 2. The van der Waals surface area contributed by atoms with Crippen molar-refractivity contribution in [2.24, 2.45) is 0 Å². The van der Waals surface area contributed by atoms with Gasteiger partial charge in [-0.25, -0.2) is 0 Å². The van der Waals surface area contributed by atoms with Gasteiger partial charge >= 0.3 is 0 Å². The summed E-state index contributed by atoms with van der Waals surface area (Å²) in [6, 6.07) is 17.3. The summed E-state index contributed by atoms with van der Waals surface area (Å²) in [5.74, 6) is 0.841. The van der Waals surface area contributed by atoms with Gasteiger partial charge in [0.1, 0.15) is 0 Å². The molecule has 0 N–H and O–H groups in total. The standard InChI is InChI=1S/C12H10O5P/c13-18(16-14-11-7-3-1-4-8-11)17-15-12-9-5-2-6-10-12/h1-10H/q-1. The van der Waals surface area contributed by atoms with Crippen molar-refractivity contribution >= 4 is 8.60 Å². The summed E-state index contributed by atoms with van der Waals surface area (Å²) in [6.45, 7) is 0. The predicted octanol–water partition coefficient (Wildman–Crippen LogP) is 2.59. The van der Waals surface area contributed by atoms with Crippen LogP contribution in [0, 0.1) is 0 Å². The van der Waals surface area contributed by atoms with Crippen molar-refractivity contribution in [3.05, 3.63) is 60.7 Å². The molecular formula is C12H10O5P-. The molecule has 0 radical (unpaired) electrons. The van der Waals surface area contributed by atoms with Crippen LogP contribution in [0.15, 0.2) is 60.7 Å². The summed E-state index contributed by atoms with van der Waals surface area (Å²) in [5.41, 5.74) is 0. The van der Waals surface area contributed by atoms with Crippen LogP contribution >= 0.6 is 8.60 Å². The number of rotatable bonds is 6. The fourth-order valence-corrected chi connectivity index (χ4v) is 1.43. The summed E-state index contributed by atoms with van der Waals surface area (Å²) in [6.07, 6.45) is 0. The van der Waals surface area contributed by atoms with Crippen molar-refractivity contribution < 1.29 is 24.0 Å². The lowest BCUT2D eigenvalue weighted by Gasteiger charge is -2.18. The maximum atomic E-state index is 11.2. The maximum Gasteiger partial charge on any atom is 0.195 e. The Labute approximate surface area is 105 Å². The van der Waals surface area contributed by atoms with Crippen LogP contribution in [-0.2, 0) is 9.35 Å². The fraction of sp³-hybridized carbons (Fsp3) is 0. The Hall–Kier alpha value is -1.65. The van der Waals surface area contributed by atoms with Crippen LogP contribution in [0.25, 0.3) is 0 Å². The molecule has 0 aliphatic carbocycles. The highest BCUT2D eigenvalue weighted by atomic mass is 31.2. The lowest BCUT2D eigenvalue weighted by atomic mass is 10.3. The van der Waals surface area contributed by atoms with E-state index in [-0.39, 0.29) is 0 Å². The van der Waals surface area contributed by atoms with Crippen LogP contribution in [0.5, 0.6) is 11.5 Å². The molecule has 0 fully saturated rings. The van der Waals surface area contributed by atoms with Gasteiger partial charge in [-0.15, -0.1) is 9.35 Å². The van der Waals surface area contributed by atoms with Gasteiger partial charge in [0, 0.05) is 0 Å². The van der Waals surface area contributed by atoms with Gasteiger partial charge < -0.3 is 14.7 Å². The van der Waals surface area contributed by atoms with Crippen molar-refractivity contribution in [1.82, 2.24) is 0 Å². The van der Waals surface area contributed by atoms with E-state index < -0.39 is 8.60 Å². The van der Waals surface area contributed by atoms with E-state index in [2.05, 4.69) is 9.35 Å². The van der Waals surface area contributed by atoms with Crippen LogP contribution in [0.2, 0.25) is 0 Å². The third-order valence-corrected chi connectivity index (χ3v) is 2.27. The van der Waals surface area contributed by atoms with Crippen LogP contribution in [0.3, 0.4) is 0 Å². The van der Waals surface area contributed by atoms with Gasteiger partial charge in [-0.05, 0) is 24.3 Å². The van der Waals surface area contributed by atoms with E-state index in [1.807, 2.05) is 12.1 Å². The van der Waals surface area contributed by atoms with E-state index in [1.165, 1.54) is 0 Å². The number of hydrogen-bond acceptors (Lipinski definition) is 5. The third-order valence-electron chi connectivity index (χ3n) is 1.88. The molecule has 0 atom stereocenters. The first kappa shape index (κ1) is 12.8. The van der Waals surface area contributed by atoms with Gasteiger partial charge in [-0.2, -0.15) is 0 Å². The first-order valence-corrected chi connectivity index (χ1v) is 6.21. The van der Waals surface area contributed by atoms with Crippen molar-refractivity contribution in [2.45, 2.75) is 0 Å². The molecule has 6 heteroatoms. The van der Waals surface area contributed by atoms with E-state index in [4.69, 9.17) is 9.78 Å². The predicted molar refractivity (Wildman–Crippen MR) is 63.2 cm³/mol. The lowest BCUT2D eigenvalue weighted by Crippen LogP contribution is -2.07. The van der Waals surface area contributed by atoms with Crippen LogP contribution in [0.4, 0.5) is 0 Å². The van der Waals surface area contributed by atoms with Crippen molar-refractivity contribution in [3.8, 4) is 11.5 Å². The zero-order chi connectivity index (χ0) is 12.6. The minimum Gasteiger partial charge on any atom is -0.780 e. The van der Waals surface area contributed by atoms with Crippen molar-refractivity contribution in [2.75, 3.05) is 0 Å². The summed E-state index contributed by atoms with van der Waals surface area (Å²) in [7, 11) is -2.52. The summed E-state index contributed by atoms with van der Waals surface area (Å²) in [4.78, 5) is 20.8. The quantitative estimate of drug-likeness (QED) is 0.456. The minimum absolute atomic E-state index is 0.421. The van der Waals surface area contributed by atoms with Crippen LogP contribution in [-0.4, -0.2) is 0 Å². The molecule has 0 unspecified atom stereocenters.